The normalized spacial score (nSPS) is 12.5. The van der Waals surface area contributed by atoms with Crippen LogP contribution in [0.5, 0.6) is 5.75 Å². The van der Waals surface area contributed by atoms with Crippen LogP contribution in [0.15, 0.2) is 24.3 Å². The van der Waals surface area contributed by atoms with E-state index >= 15 is 0 Å². The highest BCUT2D eigenvalue weighted by Crippen LogP contribution is 2.23. The van der Waals surface area contributed by atoms with E-state index in [-0.39, 0.29) is 0 Å². The van der Waals surface area contributed by atoms with Gasteiger partial charge in [-0.2, -0.15) is 0 Å². The van der Waals surface area contributed by atoms with Gasteiger partial charge in [0.15, 0.2) is 0 Å². The van der Waals surface area contributed by atoms with Crippen LogP contribution in [0.3, 0.4) is 0 Å². The zero-order chi connectivity index (χ0) is 15.2. The Balaban J connectivity index is 2.59. The highest BCUT2D eigenvalue weighted by atomic mass is 35.5. The molecule has 1 rings (SSSR count). The van der Waals surface area contributed by atoms with Crippen LogP contribution >= 0.6 is 11.6 Å². The molecule has 0 radical (unpaired) electrons. The van der Waals surface area contributed by atoms with Crippen molar-refractivity contribution in [3.63, 3.8) is 0 Å². The first-order valence-corrected chi connectivity index (χ1v) is 13.0. The number of hydrogen-bond donors (Lipinski definition) is 0. The molecule has 0 spiro atoms. The lowest BCUT2D eigenvalue weighted by molar-refractivity contribution is 0.227. The summed E-state index contributed by atoms with van der Waals surface area (Å²) < 4.78 is 18.1. The van der Waals surface area contributed by atoms with Crippen molar-refractivity contribution in [1.82, 2.24) is 0 Å². The van der Waals surface area contributed by atoms with E-state index in [1.807, 2.05) is 37.4 Å². The van der Waals surface area contributed by atoms with Crippen molar-refractivity contribution < 1.29 is 13.0 Å². The predicted octanol–water partition coefficient (Wildman–Crippen LogP) is 4.96. The Morgan fingerprint density at radius 3 is 2.40 bits per heavy atom. The standard InChI is InChI=1S/C14H25ClO3Si2/c1-6-7-11-16-19(2,3)18-20(4,5)17-14-10-8-9-13(15)12-14/h8-10,12H,6-7,11H2,1-5H3. The first-order chi connectivity index (χ1) is 9.24. The molecule has 0 bridgehead atoms. The SMILES string of the molecule is CCCCO[Si](C)(C)O[Si](C)(C)Oc1cccc(Cl)c1. The molecule has 0 unspecified atom stereocenters. The summed E-state index contributed by atoms with van der Waals surface area (Å²) in [5.74, 6) is 0.757. The third-order valence-electron chi connectivity index (χ3n) is 2.60. The second-order valence-electron chi connectivity index (χ2n) is 5.66. The van der Waals surface area contributed by atoms with Crippen LogP contribution in [0, 0.1) is 0 Å². The van der Waals surface area contributed by atoms with E-state index in [0.717, 1.165) is 25.2 Å². The van der Waals surface area contributed by atoms with Crippen molar-refractivity contribution in [2.24, 2.45) is 0 Å². The van der Waals surface area contributed by atoms with E-state index in [9.17, 15) is 0 Å². The molecule has 0 saturated heterocycles. The van der Waals surface area contributed by atoms with Gasteiger partial charge in [0, 0.05) is 11.6 Å². The lowest BCUT2D eigenvalue weighted by Crippen LogP contribution is -2.50. The van der Waals surface area contributed by atoms with Gasteiger partial charge in [0.1, 0.15) is 5.75 Å². The molecular weight excluding hydrogens is 308 g/mol. The number of rotatable bonds is 8. The first-order valence-electron chi connectivity index (χ1n) is 7.03. The maximum atomic E-state index is 6.21. The van der Waals surface area contributed by atoms with E-state index in [2.05, 4.69) is 20.0 Å². The zero-order valence-electron chi connectivity index (χ0n) is 13.0. The smallest absolute Gasteiger partial charge is 0.383 e. The largest absolute Gasteiger partial charge is 0.521 e. The number of hydrogen-bond acceptors (Lipinski definition) is 3. The third kappa shape index (κ3) is 6.90. The highest BCUT2D eigenvalue weighted by Gasteiger charge is 2.37. The molecule has 0 saturated carbocycles. The summed E-state index contributed by atoms with van der Waals surface area (Å²) in [6, 6.07) is 7.42. The second-order valence-corrected chi connectivity index (χ2v) is 13.0. The molecule has 20 heavy (non-hydrogen) atoms. The van der Waals surface area contributed by atoms with Crippen molar-refractivity contribution in [2.45, 2.75) is 46.0 Å². The zero-order valence-corrected chi connectivity index (χ0v) is 15.8. The Bertz CT molecular complexity index is 425. The van der Waals surface area contributed by atoms with Gasteiger partial charge in [0.25, 0.3) is 0 Å². The molecule has 1 aromatic rings. The van der Waals surface area contributed by atoms with Gasteiger partial charge in [-0.3, -0.25) is 0 Å². The van der Waals surface area contributed by atoms with Gasteiger partial charge in [0.2, 0.25) is 0 Å². The van der Waals surface area contributed by atoms with E-state index in [1.165, 1.54) is 0 Å². The lowest BCUT2D eigenvalue weighted by Gasteiger charge is -2.32. The first kappa shape index (κ1) is 17.7. The molecule has 0 aliphatic heterocycles. The minimum Gasteiger partial charge on any atom is -0.521 e. The predicted molar refractivity (Wildman–Crippen MR) is 89.0 cm³/mol. The minimum absolute atomic E-state index is 0.669. The van der Waals surface area contributed by atoms with Gasteiger partial charge in [0.05, 0.1) is 0 Å². The Morgan fingerprint density at radius 2 is 1.80 bits per heavy atom. The molecule has 0 atom stereocenters. The van der Waals surface area contributed by atoms with Gasteiger partial charge < -0.3 is 13.0 Å². The maximum absolute atomic E-state index is 6.21. The number of benzene rings is 1. The molecule has 6 heteroatoms. The summed E-state index contributed by atoms with van der Waals surface area (Å²) in [5.41, 5.74) is 0. The Hall–Kier alpha value is -0.336. The second kappa shape index (κ2) is 7.61. The molecule has 0 aliphatic rings. The van der Waals surface area contributed by atoms with Crippen LogP contribution in [-0.2, 0) is 8.54 Å². The molecule has 0 N–H and O–H groups in total. The van der Waals surface area contributed by atoms with Crippen LogP contribution < -0.4 is 4.43 Å². The Labute approximate surface area is 129 Å². The third-order valence-corrected chi connectivity index (χ3v) is 8.39. The molecule has 0 aliphatic carbocycles. The fourth-order valence-corrected chi connectivity index (χ4v) is 8.57. The molecule has 1 aromatic carbocycles. The average molecular weight is 333 g/mol. The molecule has 0 heterocycles. The number of halogens is 1. The van der Waals surface area contributed by atoms with Crippen molar-refractivity contribution in [3.05, 3.63) is 29.3 Å². The van der Waals surface area contributed by atoms with Crippen LogP contribution in [-0.4, -0.2) is 23.7 Å². The van der Waals surface area contributed by atoms with E-state index in [1.54, 1.807) is 0 Å². The summed E-state index contributed by atoms with van der Waals surface area (Å²) in [7, 11) is -4.42. The molecule has 0 fully saturated rings. The maximum Gasteiger partial charge on any atom is 0.383 e. The monoisotopic (exact) mass is 332 g/mol. The van der Waals surface area contributed by atoms with E-state index in [4.69, 9.17) is 24.6 Å². The van der Waals surface area contributed by atoms with Gasteiger partial charge in [-0.15, -0.1) is 0 Å². The minimum atomic E-state index is -2.28. The molecule has 0 aromatic heterocycles. The molecular formula is C14H25ClO3Si2. The van der Waals surface area contributed by atoms with Gasteiger partial charge in [-0.1, -0.05) is 31.0 Å². The highest BCUT2D eigenvalue weighted by molar-refractivity contribution is 6.79. The van der Waals surface area contributed by atoms with Crippen LogP contribution in [0.25, 0.3) is 0 Å². The molecule has 0 amide bonds. The van der Waals surface area contributed by atoms with Crippen molar-refractivity contribution in [1.29, 1.82) is 0 Å². The van der Waals surface area contributed by atoms with E-state index < -0.39 is 17.1 Å². The number of unbranched alkanes of at least 4 members (excludes halogenated alkanes) is 1. The van der Waals surface area contributed by atoms with Gasteiger partial charge in [-0.25, -0.2) is 0 Å². The summed E-state index contributed by atoms with van der Waals surface area (Å²) in [6.45, 7) is 11.1. The summed E-state index contributed by atoms with van der Waals surface area (Å²) in [6.07, 6.45) is 2.20. The Kier molecular flexibility index (Phi) is 6.74. The topological polar surface area (TPSA) is 27.7 Å². The van der Waals surface area contributed by atoms with Gasteiger partial charge >= 0.3 is 17.1 Å². The summed E-state index contributed by atoms with van der Waals surface area (Å²) in [5, 5.41) is 0.669. The van der Waals surface area contributed by atoms with Crippen molar-refractivity contribution in [2.75, 3.05) is 6.61 Å². The van der Waals surface area contributed by atoms with Gasteiger partial charge in [-0.05, 0) is 50.8 Å². The fraction of sp³-hybridized carbons (Fsp3) is 0.571. The molecule has 114 valence electrons. The fourth-order valence-electron chi connectivity index (χ4n) is 1.92. The van der Waals surface area contributed by atoms with Crippen LogP contribution in [0.1, 0.15) is 19.8 Å². The Morgan fingerprint density at radius 1 is 1.10 bits per heavy atom. The van der Waals surface area contributed by atoms with Crippen LogP contribution in [0.2, 0.25) is 31.2 Å². The van der Waals surface area contributed by atoms with E-state index in [0.29, 0.717) is 5.02 Å². The summed E-state index contributed by atoms with van der Waals surface area (Å²) >= 11 is 5.97. The summed E-state index contributed by atoms with van der Waals surface area (Å²) in [4.78, 5) is 0. The average Bonchev–Trinajstić information content (AvgIpc) is 2.26. The van der Waals surface area contributed by atoms with Crippen molar-refractivity contribution in [3.8, 4) is 5.75 Å². The molecule has 3 nitrogen and oxygen atoms in total. The van der Waals surface area contributed by atoms with Crippen molar-refractivity contribution >= 4 is 28.7 Å². The lowest BCUT2D eigenvalue weighted by atomic mass is 10.3. The quantitative estimate of drug-likeness (QED) is 0.497. The van der Waals surface area contributed by atoms with Crippen LogP contribution in [0.4, 0.5) is 0 Å².